The van der Waals surface area contributed by atoms with Crippen LogP contribution < -0.4 is 10.6 Å². The molecule has 1 aliphatic carbocycles. The van der Waals surface area contributed by atoms with Crippen molar-refractivity contribution in [3.63, 3.8) is 0 Å². The van der Waals surface area contributed by atoms with Crippen molar-refractivity contribution >= 4 is 17.6 Å². The molecule has 0 aliphatic heterocycles. The van der Waals surface area contributed by atoms with Crippen molar-refractivity contribution in [2.75, 3.05) is 5.32 Å². The second kappa shape index (κ2) is 9.04. The van der Waals surface area contributed by atoms with Crippen LogP contribution in [0.3, 0.4) is 0 Å². The van der Waals surface area contributed by atoms with Gasteiger partial charge in [0.2, 0.25) is 5.91 Å². The molecule has 0 atom stereocenters. The Morgan fingerprint density at radius 1 is 1.13 bits per heavy atom. The van der Waals surface area contributed by atoms with Gasteiger partial charge in [0, 0.05) is 36.2 Å². The molecule has 0 radical (unpaired) electrons. The topological polar surface area (TPSA) is 96.3 Å². The molecule has 1 aromatic heterocycles. The summed E-state index contributed by atoms with van der Waals surface area (Å²) in [6.07, 6.45) is 3.53. The highest BCUT2D eigenvalue weighted by Crippen LogP contribution is 2.39. The van der Waals surface area contributed by atoms with Crippen LogP contribution in [0.15, 0.2) is 54.6 Å². The van der Waals surface area contributed by atoms with Gasteiger partial charge < -0.3 is 15.7 Å². The first kappa shape index (κ1) is 20.7. The lowest BCUT2D eigenvalue weighted by Gasteiger charge is -2.25. The predicted octanol–water partition coefficient (Wildman–Crippen LogP) is 4.63. The van der Waals surface area contributed by atoms with Crippen molar-refractivity contribution < 1.29 is 14.7 Å². The molecule has 1 saturated carbocycles. The van der Waals surface area contributed by atoms with Crippen LogP contribution in [0.5, 0.6) is 5.75 Å². The molecule has 0 unspecified atom stereocenters. The number of benzene rings is 2. The van der Waals surface area contributed by atoms with Gasteiger partial charge in [-0.1, -0.05) is 43.7 Å². The van der Waals surface area contributed by atoms with E-state index >= 15 is 0 Å². The molecule has 3 aromatic rings. The molecule has 31 heavy (non-hydrogen) atoms. The normalized spacial score (nSPS) is 13.5. The van der Waals surface area contributed by atoms with Gasteiger partial charge in [-0.05, 0) is 36.6 Å². The van der Waals surface area contributed by atoms with Gasteiger partial charge in [-0.15, -0.1) is 0 Å². The maximum Gasteiger partial charge on any atom is 0.342 e. The first-order valence-corrected chi connectivity index (χ1v) is 10.6. The Hall–Kier alpha value is -3.61. The molecular weight excluding hydrogens is 392 g/mol. The molecule has 2 amide bonds. The molecule has 7 heteroatoms. The Kier molecular flexibility index (Phi) is 6.02. The lowest BCUT2D eigenvalue weighted by molar-refractivity contribution is -0.115. The maximum absolute atomic E-state index is 12.9. The Balaban J connectivity index is 1.58. The number of nitrogens with one attached hydrogen (secondary N) is 2. The molecule has 0 bridgehead atoms. The van der Waals surface area contributed by atoms with E-state index in [-0.39, 0.29) is 23.6 Å². The quantitative estimate of drug-likeness (QED) is 0.544. The lowest BCUT2D eigenvalue weighted by atomic mass is 9.82. The summed E-state index contributed by atoms with van der Waals surface area (Å²) in [6, 6.07) is 16.2. The third-order valence-corrected chi connectivity index (χ3v) is 5.62. The molecule has 1 fully saturated rings. The van der Waals surface area contributed by atoms with Gasteiger partial charge in [0.1, 0.15) is 5.75 Å². The van der Waals surface area contributed by atoms with Crippen LogP contribution in [0.1, 0.15) is 49.8 Å². The molecule has 2 aromatic carbocycles. The van der Waals surface area contributed by atoms with E-state index in [4.69, 9.17) is 0 Å². The van der Waals surface area contributed by atoms with Crippen molar-refractivity contribution in [3.05, 3.63) is 65.9 Å². The summed E-state index contributed by atoms with van der Waals surface area (Å²) < 4.78 is 1.42. The number of anilines is 1. The number of aromatic hydroxyl groups is 1. The van der Waals surface area contributed by atoms with E-state index in [1.165, 1.54) is 10.7 Å². The molecule has 3 N–H and O–H groups in total. The van der Waals surface area contributed by atoms with Gasteiger partial charge in [-0.2, -0.15) is 9.78 Å². The first-order chi connectivity index (χ1) is 15.0. The monoisotopic (exact) mass is 418 g/mol. The van der Waals surface area contributed by atoms with E-state index in [1.807, 2.05) is 36.4 Å². The summed E-state index contributed by atoms with van der Waals surface area (Å²) in [4.78, 5) is 24.5. The predicted molar refractivity (Wildman–Crippen MR) is 119 cm³/mol. The fraction of sp³-hybridized carbons (Fsp3) is 0.292. The molecule has 160 valence electrons. The van der Waals surface area contributed by atoms with Crippen LogP contribution in [-0.2, 0) is 11.3 Å². The second-order valence-corrected chi connectivity index (χ2v) is 7.77. The van der Waals surface area contributed by atoms with Crippen LogP contribution in [0, 0.1) is 0 Å². The summed E-state index contributed by atoms with van der Waals surface area (Å²) in [5.74, 6) is 0.163. The van der Waals surface area contributed by atoms with Crippen molar-refractivity contribution in [1.82, 2.24) is 15.1 Å². The minimum absolute atomic E-state index is 0.00315. The number of carbonyl (C=O) groups excluding carboxylic acids is 2. The summed E-state index contributed by atoms with van der Waals surface area (Å²) in [5.41, 5.74) is 3.44. The van der Waals surface area contributed by atoms with Crippen molar-refractivity contribution in [2.45, 2.75) is 45.1 Å². The molecular formula is C24H26N4O3. The summed E-state index contributed by atoms with van der Waals surface area (Å²) in [5, 5.41) is 20.7. The first-order valence-electron chi connectivity index (χ1n) is 10.6. The van der Waals surface area contributed by atoms with Crippen LogP contribution in [0.2, 0.25) is 0 Å². The third kappa shape index (κ3) is 4.60. The van der Waals surface area contributed by atoms with Gasteiger partial charge in [0.15, 0.2) is 0 Å². The van der Waals surface area contributed by atoms with Crippen LogP contribution in [-0.4, -0.2) is 26.8 Å². The number of nitrogens with zero attached hydrogens (tertiary/aromatic N) is 2. The molecule has 1 heterocycles. The van der Waals surface area contributed by atoms with E-state index < -0.39 is 0 Å². The number of aromatic nitrogens is 2. The number of hydrogen-bond acceptors (Lipinski definition) is 4. The summed E-state index contributed by atoms with van der Waals surface area (Å²) in [6.45, 7) is 2.18. The minimum atomic E-state index is -0.289. The second-order valence-electron chi connectivity index (χ2n) is 7.77. The van der Waals surface area contributed by atoms with Gasteiger partial charge in [-0.25, -0.2) is 4.79 Å². The van der Waals surface area contributed by atoms with E-state index in [2.05, 4.69) is 15.7 Å². The average molecular weight is 418 g/mol. The van der Waals surface area contributed by atoms with E-state index in [0.29, 0.717) is 29.9 Å². The van der Waals surface area contributed by atoms with Crippen molar-refractivity contribution in [2.24, 2.45) is 0 Å². The van der Waals surface area contributed by atoms with E-state index in [0.717, 1.165) is 30.5 Å². The van der Waals surface area contributed by atoms with Gasteiger partial charge >= 0.3 is 6.03 Å². The molecule has 0 saturated heterocycles. The van der Waals surface area contributed by atoms with Crippen LogP contribution in [0.25, 0.3) is 11.3 Å². The molecule has 7 nitrogen and oxygen atoms in total. The Morgan fingerprint density at radius 3 is 2.55 bits per heavy atom. The van der Waals surface area contributed by atoms with Gasteiger partial charge in [0.05, 0.1) is 11.4 Å². The number of carbonyl (C=O) groups is 2. The third-order valence-electron chi connectivity index (χ3n) is 5.62. The van der Waals surface area contributed by atoms with Crippen molar-refractivity contribution in [3.8, 4) is 17.0 Å². The number of rotatable bonds is 6. The standard InChI is InChI=1S/C24H26N4O3/c1-2-23(30)26-18-11-12-19(22(29)13-18)20-14-21(17-9-6-10-17)28(27-20)24(31)25-15-16-7-4-3-5-8-16/h3-5,7-8,11-14,17,29H,2,6,9-10,15H2,1H3,(H,25,31)(H,26,30). The Morgan fingerprint density at radius 2 is 1.90 bits per heavy atom. The number of hydrogen-bond donors (Lipinski definition) is 3. The fourth-order valence-corrected chi connectivity index (χ4v) is 3.61. The zero-order chi connectivity index (χ0) is 21.8. The highest BCUT2D eigenvalue weighted by atomic mass is 16.3. The van der Waals surface area contributed by atoms with Gasteiger partial charge in [-0.3, -0.25) is 4.79 Å². The molecule has 0 spiro atoms. The fourth-order valence-electron chi connectivity index (χ4n) is 3.61. The zero-order valence-corrected chi connectivity index (χ0v) is 17.5. The van der Waals surface area contributed by atoms with Crippen LogP contribution in [0.4, 0.5) is 10.5 Å². The maximum atomic E-state index is 12.9. The van der Waals surface area contributed by atoms with E-state index in [1.54, 1.807) is 19.1 Å². The minimum Gasteiger partial charge on any atom is -0.507 e. The van der Waals surface area contributed by atoms with Crippen LogP contribution >= 0.6 is 0 Å². The smallest absolute Gasteiger partial charge is 0.342 e. The Labute approximate surface area is 181 Å². The number of phenolic OH excluding ortho intramolecular Hbond substituents is 1. The number of phenols is 1. The largest absolute Gasteiger partial charge is 0.507 e. The molecule has 4 rings (SSSR count). The Bertz CT molecular complexity index is 1090. The highest BCUT2D eigenvalue weighted by Gasteiger charge is 2.27. The van der Waals surface area contributed by atoms with Crippen molar-refractivity contribution in [1.29, 1.82) is 0 Å². The summed E-state index contributed by atoms with van der Waals surface area (Å²) in [7, 11) is 0. The summed E-state index contributed by atoms with van der Waals surface area (Å²) >= 11 is 0. The SMILES string of the molecule is CCC(=O)Nc1ccc(-c2cc(C3CCC3)n(C(=O)NCc3ccccc3)n2)c(O)c1. The number of amides is 2. The molecule has 1 aliphatic rings. The van der Waals surface area contributed by atoms with E-state index in [9.17, 15) is 14.7 Å². The highest BCUT2D eigenvalue weighted by molar-refractivity contribution is 5.91. The lowest BCUT2D eigenvalue weighted by Crippen LogP contribution is -2.31. The zero-order valence-electron chi connectivity index (χ0n) is 17.5. The van der Waals surface area contributed by atoms with Gasteiger partial charge in [0.25, 0.3) is 0 Å². The average Bonchev–Trinajstić information content (AvgIpc) is 3.16.